The highest BCUT2D eigenvalue weighted by atomic mass is 35.5. The van der Waals surface area contributed by atoms with Crippen molar-refractivity contribution in [1.29, 1.82) is 0 Å². The van der Waals surface area contributed by atoms with Crippen LogP contribution in [0.15, 0.2) is 0 Å². The van der Waals surface area contributed by atoms with Crippen molar-refractivity contribution in [2.45, 2.75) is 26.8 Å². The fourth-order valence-corrected chi connectivity index (χ4v) is 1.81. The quantitative estimate of drug-likeness (QED) is 0.676. The van der Waals surface area contributed by atoms with Gasteiger partial charge < -0.3 is 9.47 Å². The summed E-state index contributed by atoms with van der Waals surface area (Å²) in [5.74, 6) is -0.0115. The molecule has 0 fully saturated rings. The minimum absolute atomic E-state index is 0.0115. The Balaban J connectivity index is 2.53. The van der Waals surface area contributed by atoms with Gasteiger partial charge in [-0.3, -0.25) is 9.48 Å². The maximum absolute atomic E-state index is 11.7. The van der Waals surface area contributed by atoms with Crippen LogP contribution >= 0.6 is 11.6 Å². The fourth-order valence-electron chi connectivity index (χ4n) is 1.60. The lowest BCUT2D eigenvalue weighted by molar-refractivity contribution is -0.123. The Bertz CT molecular complexity index is 404. The van der Waals surface area contributed by atoms with Crippen LogP contribution in [0.4, 0.5) is 0 Å². The molecule has 1 aromatic heterocycles. The summed E-state index contributed by atoms with van der Waals surface area (Å²) in [5, 5.41) is 4.83. The van der Waals surface area contributed by atoms with Crippen molar-refractivity contribution >= 4 is 17.4 Å². The van der Waals surface area contributed by atoms with Gasteiger partial charge in [0, 0.05) is 13.7 Å². The van der Waals surface area contributed by atoms with Crippen molar-refractivity contribution in [3.63, 3.8) is 0 Å². The van der Waals surface area contributed by atoms with E-state index in [1.54, 1.807) is 11.8 Å². The predicted molar refractivity (Wildman–Crippen MR) is 69.1 cm³/mol. The molecule has 18 heavy (non-hydrogen) atoms. The van der Waals surface area contributed by atoms with E-state index in [0.717, 1.165) is 11.4 Å². The number of hydrogen-bond acceptors (Lipinski definition) is 4. The van der Waals surface area contributed by atoms with Crippen LogP contribution in [0.2, 0.25) is 5.02 Å². The molecule has 0 aliphatic heterocycles. The Hall–Kier alpha value is -0.910. The van der Waals surface area contributed by atoms with Gasteiger partial charge in [0.15, 0.2) is 5.78 Å². The van der Waals surface area contributed by atoms with Gasteiger partial charge in [-0.15, -0.1) is 0 Å². The number of aryl methyl sites for hydroxylation is 2. The van der Waals surface area contributed by atoms with Crippen molar-refractivity contribution in [1.82, 2.24) is 9.78 Å². The van der Waals surface area contributed by atoms with Crippen LogP contribution in [-0.4, -0.2) is 42.5 Å². The topological polar surface area (TPSA) is 53.4 Å². The molecular weight excluding hydrogens is 256 g/mol. The number of aromatic nitrogens is 2. The Labute approximate surface area is 112 Å². The van der Waals surface area contributed by atoms with Gasteiger partial charge in [0.1, 0.15) is 6.61 Å². The van der Waals surface area contributed by atoms with Crippen molar-refractivity contribution < 1.29 is 14.3 Å². The Morgan fingerprint density at radius 1 is 1.44 bits per heavy atom. The number of ketones is 1. The van der Waals surface area contributed by atoms with Crippen LogP contribution in [-0.2, 0) is 27.2 Å². The van der Waals surface area contributed by atoms with Crippen molar-refractivity contribution in [2.75, 3.05) is 26.9 Å². The molecule has 102 valence electrons. The highest BCUT2D eigenvalue weighted by molar-refractivity contribution is 6.32. The second kappa shape index (κ2) is 7.51. The number of nitrogens with zero attached hydrogens (tertiary/aromatic N) is 2. The Kier molecular flexibility index (Phi) is 6.32. The van der Waals surface area contributed by atoms with E-state index < -0.39 is 0 Å². The first-order valence-corrected chi connectivity index (χ1v) is 6.28. The lowest BCUT2D eigenvalue weighted by Gasteiger charge is -2.05. The largest absolute Gasteiger partial charge is 0.382 e. The van der Waals surface area contributed by atoms with E-state index in [9.17, 15) is 4.79 Å². The average molecular weight is 275 g/mol. The molecule has 0 atom stereocenters. The zero-order valence-corrected chi connectivity index (χ0v) is 11.8. The highest BCUT2D eigenvalue weighted by Crippen LogP contribution is 2.20. The Morgan fingerprint density at radius 2 is 2.17 bits per heavy atom. The van der Waals surface area contributed by atoms with E-state index in [0.29, 0.717) is 24.8 Å². The third-order valence-corrected chi connectivity index (χ3v) is 3.00. The third kappa shape index (κ3) is 4.08. The lowest BCUT2D eigenvalue weighted by Crippen LogP contribution is -2.16. The first kappa shape index (κ1) is 15.1. The van der Waals surface area contributed by atoms with Crippen LogP contribution in [0.1, 0.15) is 18.3 Å². The molecule has 0 radical (unpaired) electrons. The molecule has 1 rings (SSSR count). The summed E-state index contributed by atoms with van der Waals surface area (Å²) in [6, 6.07) is 0. The van der Waals surface area contributed by atoms with E-state index in [4.69, 9.17) is 21.1 Å². The molecule has 1 aromatic rings. The molecule has 0 saturated carbocycles. The van der Waals surface area contributed by atoms with Crippen LogP contribution < -0.4 is 0 Å². The lowest BCUT2D eigenvalue weighted by atomic mass is 10.2. The molecule has 0 aliphatic carbocycles. The summed E-state index contributed by atoms with van der Waals surface area (Å²) in [6.07, 6.45) is 0.250. The molecule has 5 nitrogen and oxygen atoms in total. The minimum Gasteiger partial charge on any atom is -0.382 e. The van der Waals surface area contributed by atoms with Crippen LogP contribution in [0.5, 0.6) is 0 Å². The second-order valence-electron chi connectivity index (χ2n) is 3.92. The maximum atomic E-state index is 11.7. The van der Waals surface area contributed by atoms with Crippen molar-refractivity contribution in [3.8, 4) is 0 Å². The standard InChI is InChI=1S/C12H19ClN2O3/c1-4-15-11(12(13)9(2)14-15)7-10(16)8-18-6-5-17-3/h4-8H2,1-3H3. The summed E-state index contributed by atoms with van der Waals surface area (Å²) >= 11 is 6.12. The van der Waals surface area contributed by atoms with Gasteiger partial charge in [0.2, 0.25) is 0 Å². The van der Waals surface area contributed by atoms with Gasteiger partial charge >= 0.3 is 0 Å². The summed E-state index contributed by atoms with van der Waals surface area (Å²) in [7, 11) is 1.59. The highest BCUT2D eigenvalue weighted by Gasteiger charge is 2.15. The van der Waals surface area contributed by atoms with Gasteiger partial charge in [-0.1, -0.05) is 11.6 Å². The molecule has 0 N–H and O–H groups in total. The molecule has 6 heteroatoms. The molecule has 0 spiro atoms. The summed E-state index contributed by atoms with van der Waals surface area (Å²) in [4.78, 5) is 11.7. The molecule has 0 saturated heterocycles. The van der Waals surface area contributed by atoms with E-state index in [1.165, 1.54) is 0 Å². The van der Waals surface area contributed by atoms with Crippen LogP contribution in [0.25, 0.3) is 0 Å². The van der Waals surface area contributed by atoms with E-state index in [1.807, 2.05) is 13.8 Å². The Morgan fingerprint density at radius 3 is 2.78 bits per heavy atom. The van der Waals surface area contributed by atoms with Crippen molar-refractivity contribution in [3.05, 3.63) is 16.4 Å². The van der Waals surface area contributed by atoms with Gasteiger partial charge in [-0.25, -0.2) is 0 Å². The number of methoxy groups -OCH3 is 1. The molecular formula is C12H19ClN2O3. The molecule has 0 unspecified atom stereocenters. The third-order valence-electron chi connectivity index (χ3n) is 2.51. The minimum atomic E-state index is -0.0115. The number of rotatable bonds is 8. The first-order chi connectivity index (χ1) is 8.60. The normalized spacial score (nSPS) is 10.9. The number of carbonyl (C=O) groups is 1. The smallest absolute Gasteiger partial charge is 0.164 e. The zero-order chi connectivity index (χ0) is 13.5. The molecule has 0 aromatic carbocycles. The average Bonchev–Trinajstić information content (AvgIpc) is 2.62. The second-order valence-corrected chi connectivity index (χ2v) is 4.30. The van der Waals surface area contributed by atoms with E-state index in [-0.39, 0.29) is 18.8 Å². The van der Waals surface area contributed by atoms with E-state index >= 15 is 0 Å². The van der Waals surface area contributed by atoms with Gasteiger partial charge in [0.05, 0.1) is 36.0 Å². The summed E-state index contributed by atoms with van der Waals surface area (Å²) in [5.41, 5.74) is 1.51. The molecule has 0 amide bonds. The maximum Gasteiger partial charge on any atom is 0.164 e. The zero-order valence-electron chi connectivity index (χ0n) is 11.0. The summed E-state index contributed by atoms with van der Waals surface area (Å²) in [6.45, 7) is 5.47. The van der Waals surface area contributed by atoms with Crippen molar-refractivity contribution in [2.24, 2.45) is 0 Å². The number of ether oxygens (including phenoxy) is 2. The monoisotopic (exact) mass is 274 g/mol. The molecule has 1 heterocycles. The number of Topliss-reactive ketones (excluding diaryl/α,β-unsaturated/α-hetero) is 1. The number of hydrogen-bond donors (Lipinski definition) is 0. The first-order valence-electron chi connectivity index (χ1n) is 5.90. The predicted octanol–water partition coefficient (Wildman–Crippen LogP) is 1.64. The summed E-state index contributed by atoms with van der Waals surface area (Å²) < 4.78 is 11.8. The number of halogens is 1. The van der Waals surface area contributed by atoms with Gasteiger partial charge in [-0.05, 0) is 13.8 Å². The van der Waals surface area contributed by atoms with E-state index in [2.05, 4.69) is 5.10 Å². The fraction of sp³-hybridized carbons (Fsp3) is 0.667. The molecule has 0 bridgehead atoms. The number of carbonyl (C=O) groups excluding carboxylic acids is 1. The van der Waals surface area contributed by atoms with Gasteiger partial charge in [0.25, 0.3) is 0 Å². The van der Waals surface area contributed by atoms with Gasteiger partial charge in [-0.2, -0.15) is 5.10 Å². The van der Waals surface area contributed by atoms with Crippen LogP contribution in [0, 0.1) is 6.92 Å². The molecule has 0 aliphatic rings. The SMILES string of the molecule is CCn1nc(C)c(Cl)c1CC(=O)COCCOC. The van der Waals surface area contributed by atoms with Crippen LogP contribution in [0.3, 0.4) is 0 Å².